The lowest BCUT2D eigenvalue weighted by atomic mass is 10.1. The van der Waals surface area contributed by atoms with Gasteiger partial charge in [0, 0.05) is 26.2 Å². The Morgan fingerprint density at radius 3 is 2.24 bits per heavy atom. The second-order valence-electron chi connectivity index (χ2n) is 6.26. The van der Waals surface area contributed by atoms with Crippen molar-refractivity contribution in [2.45, 2.75) is 25.7 Å². The lowest BCUT2D eigenvalue weighted by molar-refractivity contribution is -0.139. The van der Waals surface area contributed by atoms with Crippen molar-refractivity contribution < 1.29 is 14.3 Å². The summed E-state index contributed by atoms with van der Waals surface area (Å²) in [6, 6.07) is 10.3. The molecule has 1 heterocycles. The monoisotopic (exact) mass is 347 g/mol. The third-order valence-corrected chi connectivity index (χ3v) is 4.27. The molecule has 138 valence electrons. The summed E-state index contributed by atoms with van der Waals surface area (Å²) >= 11 is 0. The van der Waals surface area contributed by atoms with Crippen LogP contribution in [0.15, 0.2) is 30.3 Å². The van der Waals surface area contributed by atoms with Crippen LogP contribution >= 0.6 is 0 Å². The minimum atomic E-state index is -0.537. The number of aryl methyl sites for hydroxylation is 1. The maximum atomic E-state index is 11.7. The molecule has 0 unspecified atom stereocenters. The van der Waals surface area contributed by atoms with E-state index in [0.717, 1.165) is 58.5 Å². The van der Waals surface area contributed by atoms with Gasteiger partial charge in [-0.15, -0.1) is 0 Å². The van der Waals surface area contributed by atoms with Gasteiger partial charge in [0.2, 0.25) is 0 Å². The Balaban J connectivity index is 1.46. The van der Waals surface area contributed by atoms with E-state index in [4.69, 9.17) is 4.74 Å². The summed E-state index contributed by atoms with van der Waals surface area (Å²) in [5.41, 5.74) is 1.30. The minimum Gasteiger partial charge on any atom is -0.379 e. The standard InChI is InChI=1S/C19H29N3O3/c23-18(20-10-5-4-9-17-7-2-1-3-8-17)19(24)21-11-6-12-22-13-15-25-16-14-22/h1-3,7-8H,4-6,9-16H2,(H,20,23)(H,21,24). The molecule has 2 amide bonds. The molecule has 1 aliphatic heterocycles. The van der Waals surface area contributed by atoms with E-state index < -0.39 is 11.8 Å². The normalized spacial score (nSPS) is 14.9. The number of ether oxygens (including phenoxy) is 1. The van der Waals surface area contributed by atoms with Crippen LogP contribution in [-0.4, -0.2) is 62.7 Å². The number of benzene rings is 1. The number of nitrogens with zero attached hydrogens (tertiary/aromatic N) is 1. The van der Waals surface area contributed by atoms with Crippen LogP contribution in [-0.2, 0) is 20.7 Å². The minimum absolute atomic E-state index is 0.525. The Hall–Kier alpha value is -1.92. The maximum absolute atomic E-state index is 11.7. The molecule has 6 heteroatoms. The molecule has 0 radical (unpaired) electrons. The van der Waals surface area contributed by atoms with Crippen LogP contribution in [0.3, 0.4) is 0 Å². The van der Waals surface area contributed by atoms with E-state index in [-0.39, 0.29) is 0 Å². The van der Waals surface area contributed by atoms with Gasteiger partial charge in [-0.2, -0.15) is 0 Å². The third kappa shape index (κ3) is 8.14. The quantitative estimate of drug-likeness (QED) is 0.516. The fourth-order valence-corrected chi connectivity index (χ4v) is 2.79. The molecular weight excluding hydrogens is 318 g/mol. The van der Waals surface area contributed by atoms with Crippen molar-refractivity contribution in [3.8, 4) is 0 Å². The van der Waals surface area contributed by atoms with E-state index in [0.29, 0.717) is 13.1 Å². The Morgan fingerprint density at radius 1 is 0.920 bits per heavy atom. The lowest BCUT2D eigenvalue weighted by Gasteiger charge is -2.26. The first-order valence-corrected chi connectivity index (χ1v) is 9.16. The van der Waals surface area contributed by atoms with Crippen LogP contribution in [0.25, 0.3) is 0 Å². The summed E-state index contributed by atoms with van der Waals surface area (Å²) < 4.78 is 5.29. The summed E-state index contributed by atoms with van der Waals surface area (Å²) in [6.45, 7) is 5.42. The van der Waals surface area contributed by atoms with Gasteiger partial charge in [0.25, 0.3) is 0 Å². The number of carbonyl (C=O) groups is 2. The van der Waals surface area contributed by atoms with Crippen LogP contribution in [0.1, 0.15) is 24.8 Å². The van der Waals surface area contributed by atoms with Gasteiger partial charge in [-0.1, -0.05) is 30.3 Å². The zero-order chi connectivity index (χ0) is 17.7. The van der Waals surface area contributed by atoms with Crippen molar-refractivity contribution in [1.29, 1.82) is 0 Å². The molecule has 1 aromatic carbocycles. The third-order valence-electron chi connectivity index (χ3n) is 4.27. The number of unbranched alkanes of at least 4 members (excludes halogenated alkanes) is 1. The van der Waals surface area contributed by atoms with Gasteiger partial charge in [-0.25, -0.2) is 0 Å². The van der Waals surface area contributed by atoms with Crippen LogP contribution in [0.4, 0.5) is 0 Å². The van der Waals surface area contributed by atoms with E-state index in [1.807, 2.05) is 18.2 Å². The summed E-state index contributed by atoms with van der Waals surface area (Å²) in [7, 11) is 0. The van der Waals surface area contributed by atoms with Gasteiger partial charge in [-0.05, 0) is 37.8 Å². The second-order valence-corrected chi connectivity index (χ2v) is 6.26. The van der Waals surface area contributed by atoms with Crippen molar-refractivity contribution >= 4 is 11.8 Å². The summed E-state index contributed by atoms with van der Waals surface area (Å²) in [5.74, 6) is -1.07. The average Bonchev–Trinajstić information content (AvgIpc) is 2.66. The predicted octanol–water partition coefficient (Wildman–Crippen LogP) is 0.964. The van der Waals surface area contributed by atoms with Gasteiger partial charge < -0.3 is 15.4 Å². The Labute approximate surface area is 149 Å². The Morgan fingerprint density at radius 2 is 1.56 bits per heavy atom. The molecule has 1 saturated heterocycles. The molecule has 0 saturated carbocycles. The SMILES string of the molecule is O=C(NCCCCc1ccccc1)C(=O)NCCCN1CCOCC1. The van der Waals surface area contributed by atoms with Gasteiger partial charge in [0.1, 0.15) is 0 Å². The first-order chi connectivity index (χ1) is 12.3. The molecule has 2 N–H and O–H groups in total. The molecule has 0 aromatic heterocycles. The number of rotatable bonds is 9. The first kappa shape index (κ1) is 19.4. The number of hydrogen-bond acceptors (Lipinski definition) is 4. The molecule has 1 aliphatic rings. The van der Waals surface area contributed by atoms with Crippen molar-refractivity contribution in [2.75, 3.05) is 45.9 Å². The molecule has 0 spiro atoms. The molecular formula is C19H29N3O3. The topological polar surface area (TPSA) is 70.7 Å². The molecule has 1 fully saturated rings. The van der Waals surface area contributed by atoms with Gasteiger partial charge in [0.05, 0.1) is 13.2 Å². The number of amides is 2. The maximum Gasteiger partial charge on any atom is 0.309 e. The molecule has 2 rings (SSSR count). The highest BCUT2D eigenvalue weighted by atomic mass is 16.5. The van der Waals surface area contributed by atoms with Crippen molar-refractivity contribution in [2.24, 2.45) is 0 Å². The molecule has 0 aliphatic carbocycles. The van der Waals surface area contributed by atoms with Crippen LogP contribution in [0.5, 0.6) is 0 Å². The first-order valence-electron chi connectivity index (χ1n) is 9.16. The van der Waals surface area contributed by atoms with Crippen molar-refractivity contribution in [1.82, 2.24) is 15.5 Å². The number of carbonyl (C=O) groups excluding carboxylic acids is 2. The number of nitrogens with one attached hydrogen (secondary N) is 2. The fourth-order valence-electron chi connectivity index (χ4n) is 2.79. The zero-order valence-electron chi connectivity index (χ0n) is 14.8. The molecule has 6 nitrogen and oxygen atoms in total. The number of morpholine rings is 1. The molecule has 1 aromatic rings. The predicted molar refractivity (Wildman–Crippen MR) is 97.3 cm³/mol. The van der Waals surface area contributed by atoms with Crippen LogP contribution in [0, 0.1) is 0 Å². The van der Waals surface area contributed by atoms with E-state index in [1.54, 1.807) is 0 Å². The summed E-state index contributed by atoms with van der Waals surface area (Å²) in [6.07, 6.45) is 3.69. The fraction of sp³-hybridized carbons (Fsp3) is 0.579. The molecule has 0 atom stereocenters. The van der Waals surface area contributed by atoms with E-state index >= 15 is 0 Å². The highest BCUT2D eigenvalue weighted by molar-refractivity contribution is 6.35. The van der Waals surface area contributed by atoms with Crippen molar-refractivity contribution in [3.05, 3.63) is 35.9 Å². The smallest absolute Gasteiger partial charge is 0.309 e. The van der Waals surface area contributed by atoms with Gasteiger partial charge in [-0.3, -0.25) is 14.5 Å². The van der Waals surface area contributed by atoms with Gasteiger partial charge in [0.15, 0.2) is 0 Å². The van der Waals surface area contributed by atoms with E-state index in [2.05, 4.69) is 27.7 Å². The van der Waals surface area contributed by atoms with Crippen molar-refractivity contribution in [3.63, 3.8) is 0 Å². The number of hydrogen-bond donors (Lipinski definition) is 2. The summed E-state index contributed by atoms with van der Waals surface area (Å²) in [5, 5.41) is 5.36. The largest absolute Gasteiger partial charge is 0.379 e. The lowest BCUT2D eigenvalue weighted by Crippen LogP contribution is -2.42. The van der Waals surface area contributed by atoms with Crippen LogP contribution in [0.2, 0.25) is 0 Å². The van der Waals surface area contributed by atoms with Crippen LogP contribution < -0.4 is 10.6 Å². The van der Waals surface area contributed by atoms with Gasteiger partial charge >= 0.3 is 11.8 Å². The Kier molecular flexibility index (Phi) is 9.01. The van der Waals surface area contributed by atoms with E-state index in [9.17, 15) is 9.59 Å². The second kappa shape index (κ2) is 11.6. The molecule has 25 heavy (non-hydrogen) atoms. The Bertz CT molecular complexity index is 516. The highest BCUT2D eigenvalue weighted by Gasteiger charge is 2.13. The molecule has 0 bridgehead atoms. The average molecular weight is 347 g/mol. The van der Waals surface area contributed by atoms with E-state index in [1.165, 1.54) is 5.56 Å². The highest BCUT2D eigenvalue weighted by Crippen LogP contribution is 2.03. The summed E-state index contributed by atoms with van der Waals surface area (Å²) in [4.78, 5) is 25.8. The zero-order valence-corrected chi connectivity index (χ0v) is 14.8.